The Morgan fingerprint density at radius 3 is 2.30 bits per heavy atom. The molecule has 0 spiro atoms. The fourth-order valence-electron chi connectivity index (χ4n) is 1.96. The molecule has 0 aliphatic heterocycles. The Morgan fingerprint density at radius 1 is 1.15 bits per heavy atom. The molecule has 0 radical (unpaired) electrons. The van der Waals surface area contributed by atoms with Crippen LogP contribution in [0.25, 0.3) is 0 Å². The van der Waals surface area contributed by atoms with Gasteiger partial charge in [-0.25, -0.2) is 0 Å². The summed E-state index contributed by atoms with van der Waals surface area (Å²) in [5, 5.41) is 0. The number of methoxy groups -OCH3 is 2. The quantitative estimate of drug-likeness (QED) is 0.841. The third-order valence-electron chi connectivity index (χ3n) is 2.96. The van der Waals surface area contributed by atoms with Crippen LogP contribution in [0.3, 0.4) is 0 Å². The number of hydrogen-bond donors (Lipinski definition) is 0. The van der Waals surface area contributed by atoms with E-state index in [1.54, 1.807) is 42.5 Å². The number of ether oxygens (including phenoxy) is 2. The van der Waals surface area contributed by atoms with E-state index in [2.05, 4.69) is 0 Å². The van der Waals surface area contributed by atoms with Crippen molar-refractivity contribution >= 4 is 5.91 Å². The SMILES string of the molecule is COc1cccc(OC)c1C(=O)N(C)Cc1ccco1. The van der Waals surface area contributed by atoms with Gasteiger partial charge in [0, 0.05) is 7.05 Å². The number of carbonyl (C=O) groups is 1. The highest BCUT2D eigenvalue weighted by molar-refractivity contribution is 5.99. The van der Waals surface area contributed by atoms with Crippen molar-refractivity contribution in [2.24, 2.45) is 0 Å². The normalized spacial score (nSPS) is 10.2. The standard InChI is InChI=1S/C15H17NO4/c1-16(10-11-6-5-9-20-11)15(17)14-12(18-2)7-4-8-13(14)19-3/h4-9H,10H2,1-3H3. The predicted molar refractivity (Wildman–Crippen MR) is 74.1 cm³/mol. The lowest BCUT2D eigenvalue weighted by molar-refractivity contribution is 0.0768. The number of carbonyl (C=O) groups excluding carboxylic acids is 1. The zero-order chi connectivity index (χ0) is 14.5. The molecule has 1 heterocycles. The van der Waals surface area contributed by atoms with Crippen molar-refractivity contribution in [2.75, 3.05) is 21.3 Å². The van der Waals surface area contributed by atoms with Crippen LogP contribution in [0.15, 0.2) is 41.0 Å². The van der Waals surface area contributed by atoms with E-state index in [0.29, 0.717) is 23.6 Å². The summed E-state index contributed by atoms with van der Waals surface area (Å²) in [6, 6.07) is 8.86. The monoisotopic (exact) mass is 275 g/mol. The van der Waals surface area contributed by atoms with Crippen LogP contribution >= 0.6 is 0 Å². The van der Waals surface area contributed by atoms with Crippen molar-refractivity contribution in [3.63, 3.8) is 0 Å². The maximum Gasteiger partial charge on any atom is 0.261 e. The van der Waals surface area contributed by atoms with E-state index < -0.39 is 0 Å². The van der Waals surface area contributed by atoms with Crippen molar-refractivity contribution in [3.05, 3.63) is 47.9 Å². The van der Waals surface area contributed by atoms with Crippen molar-refractivity contribution in [1.29, 1.82) is 0 Å². The molecule has 0 aliphatic rings. The summed E-state index contributed by atoms with van der Waals surface area (Å²) < 4.78 is 15.7. The maximum absolute atomic E-state index is 12.6. The largest absolute Gasteiger partial charge is 0.496 e. The molecule has 0 fully saturated rings. The van der Waals surface area contributed by atoms with Gasteiger partial charge in [0.1, 0.15) is 22.8 Å². The lowest BCUT2D eigenvalue weighted by atomic mass is 10.1. The third kappa shape index (κ3) is 2.77. The average Bonchev–Trinajstić information content (AvgIpc) is 2.98. The van der Waals surface area contributed by atoms with Gasteiger partial charge in [-0.1, -0.05) is 6.07 Å². The zero-order valence-corrected chi connectivity index (χ0v) is 11.8. The molecule has 20 heavy (non-hydrogen) atoms. The van der Waals surface area contributed by atoms with E-state index >= 15 is 0 Å². The first-order chi connectivity index (χ1) is 9.67. The van der Waals surface area contributed by atoms with Gasteiger partial charge in [0.2, 0.25) is 0 Å². The van der Waals surface area contributed by atoms with Gasteiger partial charge >= 0.3 is 0 Å². The molecule has 0 aliphatic carbocycles. The highest BCUT2D eigenvalue weighted by atomic mass is 16.5. The van der Waals surface area contributed by atoms with E-state index in [-0.39, 0.29) is 5.91 Å². The zero-order valence-electron chi connectivity index (χ0n) is 11.8. The fourth-order valence-corrected chi connectivity index (χ4v) is 1.96. The van der Waals surface area contributed by atoms with Crippen LogP contribution < -0.4 is 9.47 Å². The van der Waals surface area contributed by atoms with E-state index in [4.69, 9.17) is 13.9 Å². The Kier molecular flexibility index (Phi) is 4.30. The second kappa shape index (κ2) is 6.14. The smallest absolute Gasteiger partial charge is 0.261 e. The van der Waals surface area contributed by atoms with Gasteiger partial charge in [0.05, 0.1) is 27.0 Å². The average molecular weight is 275 g/mol. The summed E-state index contributed by atoms with van der Waals surface area (Å²) in [5.41, 5.74) is 0.409. The molecule has 106 valence electrons. The van der Waals surface area contributed by atoms with Crippen LogP contribution in [0.5, 0.6) is 11.5 Å². The van der Waals surface area contributed by atoms with Crippen molar-refractivity contribution in [2.45, 2.75) is 6.54 Å². The Balaban J connectivity index is 2.28. The van der Waals surface area contributed by atoms with Crippen LogP contribution in [-0.2, 0) is 6.54 Å². The van der Waals surface area contributed by atoms with Gasteiger partial charge in [0.25, 0.3) is 5.91 Å². The van der Waals surface area contributed by atoms with Crippen LogP contribution in [0.2, 0.25) is 0 Å². The molecule has 1 aromatic heterocycles. The van der Waals surface area contributed by atoms with Gasteiger partial charge in [-0.2, -0.15) is 0 Å². The summed E-state index contributed by atoms with van der Waals surface area (Å²) >= 11 is 0. The van der Waals surface area contributed by atoms with Crippen LogP contribution in [-0.4, -0.2) is 32.1 Å². The minimum absolute atomic E-state index is 0.185. The van der Waals surface area contributed by atoms with Crippen LogP contribution in [0.1, 0.15) is 16.1 Å². The van der Waals surface area contributed by atoms with Gasteiger partial charge in [0.15, 0.2) is 0 Å². The van der Waals surface area contributed by atoms with Crippen molar-refractivity contribution < 1.29 is 18.7 Å². The minimum Gasteiger partial charge on any atom is -0.496 e. The Morgan fingerprint density at radius 2 is 1.80 bits per heavy atom. The Bertz CT molecular complexity index is 555. The van der Waals surface area contributed by atoms with Gasteiger partial charge < -0.3 is 18.8 Å². The molecule has 0 bridgehead atoms. The second-order valence-corrected chi connectivity index (χ2v) is 4.28. The molecule has 0 N–H and O–H groups in total. The topological polar surface area (TPSA) is 51.9 Å². The molecule has 0 atom stereocenters. The van der Waals surface area contributed by atoms with E-state index in [1.807, 2.05) is 6.07 Å². The number of amides is 1. The summed E-state index contributed by atoms with van der Waals surface area (Å²) in [7, 11) is 4.76. The third-order valence-corrected chi connectivity index (χ3v) is 2.96. The minimum atomic E-state index is -0.185. The predicted octanol–water partition coefficient (Wildman–Crippen LogP) is 2.57. The van der Waals surface area contributed by atoms with Crippen LogP contribution in [0.4, 0.5) is 0 Å². The number of rotatable bonds is 5. The number of furan rings is 1. The Labute approximate surface area is 117 Å². The van der Waals surface area contributed by atoms with Crippen LogP contribution in [0, 0.1) is 0 Å². The summed E-state index contributed by atoms with van der Waals surface area (Å²) in [5.74, 6) is 1.51. The summed E-state index contributed by atoms with van der Waals surface area (Å²) in [6.45, 7) is 0.382. The highest BCUT2D eigenvalue weighted by Crippen LogP contribution is 2.29. The Hall–Kier alpha value is -2.43. The summed E-state index contributed by atoms with van der Waals surface area (Å²) in [6.07, 6.45) is 1.58. The van der Waals surface area contributed by atoms with E-state index in [9.17, 15) is 4.79 Å². The molecule has 5 heteroatoms. The molecular formula is C15H17NO4. The molecule has 0 saturated carbocycles. The molecule has 1 amide bonds. The molecule has 0 unspecified atom stereocenters. The molecule has 2 rings (SSSR count). The van der Waals surface area contributed by atoms with Crippen molar-refractivity contribution in [3.8, 4) is 11.5 Å². The van der Waals surface area contributed by atoms with Gasteiger partial charge in [-0.15, -0.1) is 0 Å². The summed E-state index contributed by atoms with van der Waals surface area (Å²) in [4.78, 5) is 14.1. The maximum atomic E-state index is 12.6. The number of hydrogen-bond acceptors (Lipinski definition) is 4. The van der Waals surface area contributed by atoms with Gasteiger partial charge in [-0.3, -0.25) is 4.79 Å². The molecule has 1 aromatic carbocycles. The highest BCUT2D eigenvalue weighted by Gasteiger charge is 2.22. The molecule has 2 aromatic rings. The number of benzene rings is 1. The first-order valence-corrected chi connectivity index (χ1v) is 6.16. The van der Waals surface area contributed by atoms with E-state index in [0.717, 1.165) is 5.76 Å². The lowest BCUT2D eigenvalue weighted by Crippen LogP contribution is -2.26. The first-order valence-electron chi connectivity index (χ1n) is 6.16. The first kappa shape index (κ1) is 14.0. The number of nitrogens with zero attached hydrogens (tertiary/aromatic N) is 1. The molecule has 0 saturated heterocycles. The fraction of sp³-hybridized carbons (Fsp3) is 0.267. The lowest BCUT2D eigenvalue weighted by Gasteiger charge is -2.19. The molecule has 5 nitrogen and oxygen atoms in total. The van der Waals surface area contributed by atoms with Crippen molar-refractivity contribution in [1.82, 2.24) is 4.90 Å². The molecular weight excluding hydrogens is 258 g/mol. The van der Waals surface area contributed by atoms with Gasteiger partial charge in [-0.05, 0) is 24.3 Å². The van der Waals surface area contributed by atoms with E-state index in [1.165, 1.54) is 14.2 Å². The second-order valence-electron chi connectivity index (χ2n) is 4.28.